The third kappa shape index (κ3) is 3.94. The zero-order valence-electron chi connectivity index (χ0n) is 13.5. The second-order valence-corrected chi connectivity index (χ2v) is 9.35. The first kappa shape index (κ1) is 16.5. The first-order valence-corrected chi connectivity index (χ1v) is 10.3. The molecule has 126 valence electrons. The van der Waals surface area contributed by atoms with Gasteiger partial charge in [-0.25, -0.2) is 8.42 Å². The molecule has 0 aromatic heterocycles. The first-order valence-electron chi connectivity index (χ1n) is 8.56. The number of amides is 1. The van der Waals surface area contributed by atoms with Crippen LogP contribution in [-0.4, -0.2) is 31.9 Å². The average Bonchev–Trinajstić information content (AvgIpc) is 3.14. The Labute approximate surface area is 138 Å². The average molecular weight is 335 g/mol. The summed E-state index contributed by atoms with van der Waals surface area (Å²) in [5, 5.41) is 2.73. The normalized spacial score (nSPS) is 20.3. The van der Waals surface area contributed by atoms with Gasteiger partial charge < -0.3 is 5.32 Å². The van der Waals surface area contributed by atoms with E-state index >= 15 is 0 Å². The fraction of sp³-hybridized carbons (Fsp3) is 0.611. The Kier molecular flexibility index (Phi) is 4.76. The van der Waals surface area contributed by atoms with Crippen molar-refractivity contribution in [3.8, 4) is 0 Å². The molecule has 3 rings (SSSR count). The summed E-state index contributed by atoms with van der Waals surface area (Å²) in [6.07, 6.45) is 5.77. The van der Waals surface area contributed by atoms with Crippen molar-refractivity contribution in [2.24, 2.45) is 0 Å². The molecule has 0 saturated heterocycles. The van der Waals surface area contributed by atoms with E-state index in [0.29, 0.717) is 6.54 Å². The quantitative estimate of drug-likeness (QED) is 0.833. The van der Waals surface area contributed by atoms with E-state index < -0.39 is 9.84 Å². The maximum atomic E-state index is 12.2. The summed E-state index contributed by atoms with van der Waals surface area (Å²) in [5.41, 5.74) is 1.33. The summed E-state index contributed by atoms with van der Waals surface area (Å²) in [6, 6.07) is 10.2. The lowest BCUT2D eigenvalue weighted by atomic mass is 9.96. The summed E-state index contributed by atoms with van der Waals surface area (Å²) in [4.78, 5) is 12.0. The minimum Gasteiger partial charge on any atom is -0.355 e. The number of rotatable bonds is 7. The van der Waals surface area contributed by atoms with Crippen molar-refractivity contribution in [2.45, 2.75) is 55.6 Å². The Morgan fingerprint density at radius 3 is 2.39 bits per heavy atom. The Bertz CT molecular complexity index is 644. The highest BCUT2D eigenvalue weighted by Gasteiger charge is 2.44. The van der Waals surface area contributed by atoms with Crippen molar-refractivity contribution in [3.63, 3.8) is 0 Å². The predicted octanol–water partition coefficient (Wildman–Crippen LogP) is 2.58. The van der Waals surface area contributed by atoms with Gasteiger partial charge in [-0.1, -0.05) is 43.2 Å². The Morgan fingerprint density at radius 1 is 1.13 bits per heavy atom. The zero-order chi connectivity index (χ0) is 16.3. The van der Waals surface area contributed by atoms with E-state index in [1.807, 2.05) is 18.2 Å². The third-order valence-corrected chi connectivity index (χ3v) is 7.55. The Balaban J connectivity index is 1.47. The van der Waals surface area contributed by atoms with E-state index in [0.717, 1.165) is 38.5 Å². The van der Waals surface area contributed by atoms with Crippen molar-refractivity contribution < 1.29 is 13.2 Å². The lowest BCUT2D eigenvalue weighted by Crippen LogP contribution is -2.34. The fourth-order valence-electron chi connectivity index (χ4n) is 3.52. The summed E-state index contributed by atoms with van der Waals surface area (Å²) < 4.78 is 24.4. The van der Waals surface area contributed by atoms with Crippen molar-refractivity contribution in [3.05, 3.63) is 35.9 Å². The van der Waals surface area contributed by atoms with Crippen LogP contribution >= 0.6 is 0 Å². The van der Waals surface area contributed by atoms with Gasteiger partial charge in [-0.05, 0) is 31.2 Å². The van der Waals surface area contributed by atoms with Gasteiger partial charge in [0.15, 0.2) is 9.84 Å². The molecule has 1 N–H and O–H groups in total. The highest BCUT2D eigenvalue weighted by Crippen LogP contribution is 2.47. The first-order chi connectivity index (χ1) is 11.0. The minimum absolute atomic E-state index is 0.0121. The van der Waals surface area contributed by atoms with Crippen LogP contribution in [0.25, 0.3) is 0 Å². The molecule has 0 unspecified atom stereocenters. The van der Waals surface area contributed by atoms with Crippen molar-refractivity contribution in [1.82, 2.24) is 5.32 Å². The molecule has 0 spiro atoms. The van der Waals surface area contributed by atoms with Gasteiger partial charge >= 0.3 is 0 Å². The standard InChI is InChI=1S/C18H25NO3S/c20-17(10-13-23(21,22)16-8-4-5-9-16)19-14-18(11-12-18)15-6-2-1-3-7-15/h1-3,6-7,16H,4-5,8-14H2,(H,19,20). The summed E-state index contributed by atoms with van der Waals surface area (Å²) in [5.74, 6) is -0.157. The van der Waals surface area contributed by atoms with E-state index in [4.69, 9.17) is 0 Å². The summed E-state index contributed by atoms with van der Waals surface area (Å²) in [7, 11) is -3.11. The highest BCUT2D eigenvalue weighted by molar-refractivity contribution is 7.92. The lowest BCUT2D eigenvalue weighted by molar-refractivity contribution is -0.120. The van der Waals surface area contributed by atoms with E-state index in [1.165, 1.54) is 5.56 Å². The van der Waals surface area contributed by atoms with Gasteiger partial charge in [-0.3, -0.25) is 4.79 Å². The molecule has 2 saturated carbocycles. The lowest BCUT2D eigenvalue weighted by Gasteiger charge is -2.17. The third-order valence-electron chi connectivity index (χ3n) is 5.29. The van der Waals surface area contributed by atoms with Crippen LogP contribution in [0.4, 0.5) is 0 Å². The molecule has 2 aliphatic rings. The molecule has 0 radical (unpaired) electrons. The van der Waals surface area contributed by atoms with Crippen LogP contribution in [0.1, 0.15) is 50.5 Å². The molecule has 2 fully saturated rings. The number of hydrogen-bond acceptors (Lipinski definition) is 3. The molecule has 2 aliphatic carbocycles. The molecule has 5 heteroatoms. The van der Waals surface area contributed by atoms with Gasteiger partial charge in [-0.2, -0.15) is 0 Å². The number of nitrogens with one attached hydrogen (secondary N) is 1. The van der Waals surface area contributed by atoms with Crippen LogP contribution < -0.4 is 5.32 Å². The molecule has 0 aliphatic heterocycles. The highest BCUT2D eigenvalue weighted by atomic mass is 32.2. The van der Waals surface area contributed by atoms with Gasteiger partial charge in [0.05, 0.1) is 11.0 Å². The monoisotopic (exact) mass is 335 g/mol. The van der Waals surface area contributed by atoms with Crippen LogP contribution in [-0.2, 0) is 20.0 Å². The van der Waals surface area contributed by atoms with Gasteiger partial charge in [0.1, 0.15) is 0 Å². The Hall–Kier alpha value is -1.36. The molecular weight excluding hydrogens is 310 g/mol. The largest absolute Gasteiger partial charge is 0.355 e. The molecule has 1 aromatic rings. The summed E-state index contributed by atoms with van der Waals surface area (Å²) >= 11 is 0. The van der Waals surface area contributed by atoms with E-state index in [-0.39, 0.29) is 28.7 Å². The van der Waals surface area contributed by atoms with Crippen molar-refractivity contribution >= 4 is 15.7 Å². The van der Waals surface area contributed by atoms with E-state index in [9.17, 15) is 13.2 Å². The minimum atomic E-state index is -3.11. The van der Waals surface area contributed by atoms with Crippen LogP contribution in [0.5, 0.6) is 0 Å². The number of sulfone groups is 1. The molecule has 4 nitrogen and oxygen atoms in total. The number of hydrogen-bond donors (Lipinski definition) is 1. The maximum Gasteiger partial charge on any atom is 0.221 e. The number of carbonyl (C=O) groups is 1. The number of benzene rings is 1. The molecule has 0 heterocycles. The maximum absolute atomic E-state index is 12.2. The smallest absolute Gasteiger partial charge is 0.221 e. The molecule has 0 bridgehead atoms. The van der Waals surface area contributed by atoms with Gasteiger partial charge in [0.2, 0.25) is 5.91 Å². The van der Waals surface area contributed by atoms with Crippen LogP contribution in [0.15, 0.2) is 30.3 Å². The SMILES string of the molecule is O=C(CCS(=O)(=O)C1CCCC1)NCC1(c2ccccc2)CC1. The molecule has 1 amide bonds. The second kappa shape index (κ2) is 6.63. The molecular formula is C18H25NO3S. The van der Waals surface area contributed by atoms with Gasteiger partial charge in [-0.15, -0.1) is 0 Å². The van der Waals surface area contributed by atoms with Gasteiger partial charge in [0.25, 0.3) is 0 Å². The molecule has 23 heavy (non-hydrogen) atoms. The van der Waals surface area contributed by atoms with Crippen molar-refractivity contribution in [1.29, 1.82) is 0 Å². The van der Waals surface area contributed by atoms with Crippen molar-refractivity contribution in [2.75, 3.05) is 12.3 Å². The molecule has 1 aromatic carbocycles. The molecule has 0 atom stereocenters. The van der Waals surface area contributed by atoms with E-state index in [1.54, 1.807) is 0 Å². The van der Waals surface area contributed by atoms with Crippen LogP contribution in [0.3, 0.4) is 0 Å². The fourth-order valence-corrected chi connectivity index (χ4v) is 5.37. The van der Waals surface area contributed by atoms with Crippen LogP contribution in [0.2, 0.25) is 0 Å². The topological polar surface area (TPSA) is 63.2 Å². The van der Waals surface area contributed by atoms with Gasteiger partial charge in [0, 0.05) is 18.4 Å². The zero-order valence-corrected chi connectivity index (χ0v) is 14.3. The Morgan fingerprint density at radius 2 is 1.78 bits per heavy atom. The summed E-state index contributed by atoms with van der Waals surface area (Å²) in [6.45, 7) is 0.610. The predicted molar refractivity (Wildman–Crippen MR) is 91.0 cm³/mol. The number of carbonyl (C=O) groups excluding carboxylic acids is 1. The van der Waals surface area contributed by atoms with E-state index in [2.05, 4.69) is 17.4 Å². The van der Waals surface area contributed by atoms with Crippen LogP contribution in [0, 0.1) is 0 Å². The second-order valence-electron chi connectivity index (χ2n) is 6.95.